The number of aromatic nitrogens is 2. The maximum atomic E-state index is 7.02. The maximum absolute atomic E-state index is 7.02. The van der Waals surface area contributed by atoms with Gasteiger partial charge in [-0.1, -0.05) is 5.92 Å². The molecule has 0 radical (unpaired) electrons. The molecule has 0 unspecified atom stereocenters. The van der Waals surface area contributed by atoms with E-state index in [1.54, 1.807) is 6.20 Å². The highest BCUT2D eigenvalue weighted by molar-refractivity contribution is 7.09. The van der Waals surface area contributed by atoms with Crippen LogP contribution in [-0.2, 0) is 0 Å². The van der Waals surface area contributed by atoms with Crippen molar-refractivity contribution < 1.29 is 8.85 Å². The summed E-state index contributed by atoms with van der Waals surface area (Å²) in [6.07, 6.45) is 2.88. The van der Waals surface area contributed by atoms with E-state index in [0.29, 0.717) is 11.3 Å². The average molecular weight is 236 g/mol. The largest absolute Gasteiger partial charge is 0.495 e. The highest BCUT2D eigenvalue weighted by atomic mass is 32.1. The van der Waals surface area contributed by atoms with Gasteiger partial charge in [0.05, 0.1) is 22.4 Å². The Morgan fingerprint density at radius 3 is 3.12 bits per heavy atom. The molecule has 0 fully saturated rings. The van der Waals surface area contributed by atoms with Crippen molar-refractivity contribution >= 4 is 11.3 Å². The third-order valence-corrected chi connectivity index (χ3v) is 2.56. The van der Waals surface area contributed by atoms with E-state index in [4.69, 9.17) is 8.85 Å². The molecule has 0 atom stereocenters. The fraction of sp³-hybridized carbons (Fsp3) is 0.167. The van der Waals surface area contributed by atoms with E-state index in [2.05, 4.69) is 21.8 Å². The first-order valence-corrected chi connectivity index (χ1v) is 5.38. The van der Waals surface area contributed by atoms with Crippen molar-refractivity contribution in [1.29, 1.82) is 0 Å². The molecule has 2 heterocycles. The fourth-order valence-electron chi connectivity index (χ4n) is 1.10. The summed E-state index contributed by atoms with van der Waals surface area (Å²) in [6, 6.07) is 1.53. The van der Waals surface area contributed by atoms with Gasteiger partial charge >= 0.3 is 0 Å². The minimum Gasteiger partial charge on any atom is -0.495 e. The van der Waals surface area contributed by atoms with E-state index >= 15 is 0 Å². The van der Waals surface area contributed by atoms with E-state index in [9.17, 15) is 0 Å². The van der Waals surface area contributed by atoms with Crippen LogP contribution in [0.2, 0.25) is 0 Å². The molecule has 0 aliphatic heterocycles. The molecule has 2 rings (SSSR count). The third-order valence-electron chi connectivity index (χ3n) is 1.78. The number of hydrogen-bond acceptors (Lipinski definition) is 4. The molecule has 2 aromatic heterocycles. The lowest BCUT2D eigenvalue weighted by atomic mass is 10.3. The fourth-order valence-corrected chi connectivity index (χ4v) is 1.64. The number of ether oxygens (including phenoxy) is 1. The van der Waals surface area contributed by atoms with Crippen LogP contribution in [0.3, 0.4) is 0 Å². The van der Waals surface area contributed by atoms with E-state index < -0.39 is 7.04 Å². The first-order chi connectivity index (χ1) is 8.92. The van der Waals surface area contributed by atoms with E-state index in [0.717, 1.165) is 5.01 Å². The maximum Gasteiger partial charge on any atom is 0.138 e. The molecule has 3 nitrogen and oxygen atoms in total. The molecule has 0 aromatic carbocycles. The first kappa shape index (κ1) is 7.42. The molecule has 0 N–H and O–H groups in total. The highest BCUT2D eigenvalue weighted by Gasteiger charge is 1.94. The van der Waals surface area contributed by atoms with Crippen molar-refractivity contribution in [2.45, 2.75) is 6.92 Å². The number of methoxy groups -OCH3 is 1. The molecule has 0 saturated carbocycles. The number of thiazole rings is 1. The summed E-state index contributed by atoms with van der Waals surface area (Å²) in [6.45, 7) is 1.90. The highest BCUT2D eigenvalue weighted by Crippen LogP contribution is 2.10. The van der Waals surface area contributed by atoms with Crippen LogP contribution in [0.4, 0.5) is 0 Å². The van der Waals surface area contributed by atoms with Gasteiger partial charge in [0.25, 0.3) is 0 Å². The van der Waals surface area contributed by atoms with Gasteiger partial charge in [-0.05, 0) is 18.9 Å². The Labute approximate surface area is 102 Å². The molecule has 4 heteroatoms. The van der Waals surface area contributed by atoms with Crippen LogP contribution in [0.1, 0.15) is 20.4 Å². The van der Waals surface area contributed by atoms with Crippen molar-refractivity contribution in [3.05, 3.63) is 40.1 Å². The quantitative estimate of drug-likeness (QED) is 0.712. The monoisotopic (exact) mass is 236 g/mol. The minimum atomic E-state index is -2.49. The van der Waals surface area contributed by atoms with Crippen molar-refractivity contribution in [1.82, 2.24) is 9.97 Å². The normalized spacial score (nSPS) is 12.9. The van der Waals surface area contributed by atoms with Gasteiger partial charge < -0.3 is 4.74 Å². The molecule has 0 spiro atoms. The molecule has 0 amide bonds. The Kier molecular flexibility index (Phi) is 2.21. The summed E-state index contributed by atoms with van der Waals surface area (Å²) in [5.41, 5.74) is 1.26. The Bertz CT molecular complexity index is 640. The average Bonchev–Trinajstić information content (AvgIpc) is 2.71. The van der Waals surface area contributed by atoms with Crippen molar-refractivity contribution in [3.8, 4) is 17.6 Å². The second kappa shape index (κ2) is 4.77. The number of aryl methyl sites for hydroxylation is 1. The number of pyridine rings is 1. The molecular formula is C12H10N2OS. The molecule has 2 aromatic rings. The van der Waals surface area contributed by atoms with Gasteiger partial charge in [-0.3, -0.25) is 4.98 Å². The predicted octanol–water partition coefficient (Wildman–Crippen LogP) is 2.25. The van der Waals surface area contributed by atoms with Gasteiger partial charge in [-0.2, -0.15) is 0 Å². The zero-order chi connectivity index (χ0) is 13.9. The van der Waals surface area contributed by atoms with Gasteiger partial charge in [0.1, 0.15) is 11.4 Å². The van der Waals surface area contributed by atoms with E-state index in [1.165, 1.54) is 23.6 Å². The Morgan fingerprint density at radius 1 is 1.44 bits per heavy atom. The smallest absolute Gasteiger partial charge is 0.138 e. The van der Waals surface area contributed by atoms with Crippen LogP contribution in [-0.4, -0.2) is 17.0 Å². The predicted molar refractivity (Wildman–Crippen MR) is 63.6 cm³/mol. The van der Waals surface area contributed by atoms with Gasteiger partial charge in [-0.15, -0.1) is 11.3 Å². The van der Waals surface area contributed by atoms with Gasteiger partial charge in [0.15, 0.2) is 0 Å². The number of nitrogens with zero attached hydrogens (tertiary/aromatic N) is 2. The first-order valence-electron chi connectivity index (χ1n) is 6.01. The molecule has 16 heavy (non-hydrogen) atoms. The van der Waals surface area contributed by atoms with Crippen LogP contribution < -0.4 is 4.74 Å². The van der Waals surface area contributed by atoms with Crippen molar-refractivity contribution in [2.75, 3.05) is 7.04 Å². The van der Waals surface area contributed by atoms with Crippen molar-refractivity contribution in [3.63, 3.8) is 0 Å². The van der Waals surface area contributed by atoms with Crippen LogP contribution in [0.15, 0.2) is 23.8 Å². The van der Waals surface area contributed by atoms with E-state index in [-0.39, 0.29) is 5.75 Å². The third kappa shape index (κ3) is 2.59. The second-order valence-electron chi connectivity index (χ2n) is 3.01. The van der Waals surface area contributed by atoms with Gasteiger partial charge in [-0.25, -0.2) is 4.98 Å². The molecule has 80 valence electrons. The summed E-state index contributed by atoms with van der Waals surface area (Å²) in [4.78, 5) is 8.10. The summed E-state index contributed by atoms with van der Waals surface area (Å²) in [5, 5.41) is 2.81. The van der Waals surface area contributed by atoms with Crippen molar-refractivity contribution in [2.24, 2.45) is 0 Å². The lowest BCUT2D eigenvalue weighted by molar-refractivity contribution is 0.413. The number of hydrogen-bond donors (Lipinski definition) is 0. The molecular weight excluding hydrogens is 220 g/mol. The van der Waals surface area contributed by atoms with Gasteiger partial charge in [0.2, 0.25) is 0 Å². The standard InChI is InChI=1S/C12H10N2OS/c1-9-14-11(8-16-9)4-3-10-5-12(15-2)7-13-6-10/h5-8H,1-2H3/i2T3. The molecule has 0 aliphatic rings. The zero-order valence-corrected chi connectivity index (χ0v) is 9.34. The van der Waals surface area contributed by atoms with Crippen LogP contribution >= 0.6 is 11.3 Å². The minimum absolute atomic E-state index is 0.168. The Hall–Kier alpha value is -1.86. The SMILES string of the molecule is [3H]C([3H])([3H])Oc1cncc(C#Cc2csc(C)n2)c1. The summed E-state index contributed by atoms with van der Waals surface area (Å²) >= 11 is 1.52. The number of rotatable bonds is 1. The van der Waals surface area contributed by atoms with Crippen LogP contribution in [0, 0.1) is 18.8 Å². The lowest BCUT2D eigenvalue weighted by Gasteiger charge is -1.97. The Morgan fingerprint density at radius 2 is 2.38 bits per heavy atom. The second-order valence-corrected chi connectivity index (χ2v) is 4.08. The summed E-state index contributed by atoms with van der Waals surface area (Å²) < 4.78 is 25.8. The topological polar surface area (TPSA) is 35.0 Å². The molecule has 0 bridgehead atoms. The van der Waals surface area contributed by atoms with Crippen LogP contribution in [0.25, 0.3) is 0 Å². The molecule has 0 saturated heterocycles. The summed E-state index contributed by atoms with van der Waals surface area (Å²) in [5.74, 6) is 5.92. The van der Waals surface area contributed by atoms with Crippen LogP contribution in [0.5, 0.6) is 5.75 Å². The van der Waals surface area contributed by atoms with Gasteiger partial charge in [0, 0.05) is 17.1 Å². The molecule has 0 aliphatic carbocycles. The Balaban J connectivity index is 2.18. The summed E-state index contributed by atoms with van der Waals surface area (Å²) in [7, 11) is -2.49. The zero-order valence-electron chi connectivity index (χ0n) is 11.5. The van der Waals surface area contributed by atoms with E-state index in [1.807, 2.05) is 12.3 Å². The lowest BCUT2D eigenvalue weighted by Crippen LogP contribution is -1.85.